The molecule has 2 saturated heterocycles. The van der Waals surface area contributed by atoms with E-state index in [2.05, 4.69) is 10.1 Å². The molecule has 1 aliphatic carbocycles. The van der Waals surface area contributed by atoms with Crippen molar-refractivity contribution in [2.24, 2.45) is 0 Å². The van der Waals surface area contributed by atoms with Crippen LogP contribution in [0.3, 0.4) is 0 Å². The van der Waals surface area contributed by atoms with Crippen LogP contribution in [0.15, 0.2) is 22.7 Å². The summed E-state index contributed by atoms with van der Waals surface area (Å²) in [7, 11) is 0. The average Bonchev–Trinajstić information content (AvgIpc) is 3.54. The molecule has 1 aromatic heterocycles. The predicted molar refractivity (Wildman–Crippen MR) is 116 cm³/mol. The van der Waals surface area contributed by atoms with Crippen molar-refractivity contribution in [1.29, 1.82) is 0 Å². The number of amides is 2. The molecule has 3 fully saturated rings. The summed E-state index contributed by atoms with van der Waals surface area (Å²) >= 11 is 0. The first-order valence-electron chi connectivity index (χ1n) is 11.9. The molecule has 34 heavy (non-hydrogen) atoms. The topological polar surface area (TPSA) is 82.7 Å². The first-order valence-corrected chi connectivity index (χ1v) is 11.9. The summed E-state index contributed by atoms with van der Waals surface area (Å²) in [4.78, 5) is 21.3. The Morgan fingerprint density at radius 1 is 1.06 bits per heavy atom. The SMILES string of the molecule is Cc1ccc(C2CC(c3nc(C4CC4)no3)CN(C(=O)N3CCC(O)CC3)C2)cc1C(F)(F)F. The van der Waals surface area contributed by atoms with Crippen LogP contribution in [-0.4, -0.2) is 63.4 Å². The standard InChI is InChI=1S/C24H29F3N4O3/c1-14-2-3-16(11-20(14)24(25,26)27)17-10-18(22-28-21(29-34-22)15-4-5-15)13-31(12-17)23(33)30-8-6-19(32)7-9-30/h2-3,11,15,17-19,32H,4-10,12-13H2,1H3. The van der Waals surface area contributed by atoms with Crippen LogP contribution in [0, 0.1) is 6.92 Å². The number of halogens is 3. The largest absolute Gasteiger partial charge is 0.416 e. The molecule has 10 heteroatoms. The number of nitrogens with zero attached hydrogens (tertiary/aromatic N) is 4. The Kier molecular flexibility index (Phi) is 6.03. The number of aliphatic hydroxyl groups is 1. The van der Waals surface area contributed by atoms with E-state index in [0.717, 1.165) is 12.8 Å². The fourth-order valence-corrected chi connectivity index (χ4v) is 5.05. The van der Waals surface area contributed by atoms with Gasteiger partial charge in [-0.1, -0.05) is 17.3 Å². The summed E-state index contributed by atoms with van der Waals surface area (Å²) in [6, 6.07) is 4.27. The van der Waals surface area contributed by atoms with Gasteiger partial charge in [-0.3, -0.25) is 0 Å². The fourth-order valence-electron chi connectivity index (χ4n) is 5.05. The molecular weight excluding hydrogens is 449 g/mol. The molecule has 2 amide bonds. The van der Waals surface area contributed by atoms with Crippen molar-refractivity contribution in [3.05, 3.63) is 46.6 Å². The average molecular weight is 479 g/mol. The summed E-state index contributed by atoms with van der Waals surface area (Å²) in [6.45, 7) is 3.06. The van der Waals surface area contributed by atoms with Gasteiger partial charge in [0.15, 0.2) is 5.82 Å². The van der Waals surface area contributed by atoms with Crippen molar-refractivity contribution in [3.63, 3.8) is 0 Å². The normalized spacial score (nSPS) is 24.5. The summed E-state index contributed by atoms with van der Waals surface area (Å²) in [5.74, 6) is 0.891. The number of aryl methyl sites for hydroxylation is 1. The molecule has 0 spiro atoms. The van der Waals surface area contributed by atoms with Gasteiger partial charge in [-0.15, -0.1) is 0 Å². The zero-order chi connectivity index (χ0) is 24.0. The number of hydrogen-bond donors (Lipinski definition) is 1. The van der Waals surface area contributed by atoms with Gasteiger partial charge in [0.2, 0.25) is 5.89 Å². The minimum Gasteiger partial charge on any atom is -0.393 e. The number of urea groups is 1. The van der Waals surface area contributed by atoms with E-state index in [-0.39, 0.29) is 23.4 Å². The van der Waals surface area contributed by atoms with Crippen LogP contribution in [0.1, 0.15) is 78.3 Å². The quantitative estimate of drug-likeness (QED) is 0.706. The molecule has 5 rings (SSSR count). The van der Waals surface area contributed by atoms with Crippen molar-refractivity contribution < 1.29 is 27.6 Å². The number of carbonyl (C=O) groups excluding carboxylic acids is 1. The van der Waals surface area contributed by atoms with E-state index in [0.29, 0.717) is 68.6 Å². The number of piperidine rings is 2. The number of benzene rings is 1. The Morgan fingerprint density at radius 3 is 2.44 bits per heavy atom. The molecular formula is C24H29F3N4O3. The van der Waals surface area contributed by atoms with Crippen LogP contribution in [0.5, 0.6) is 0 Å². The third-order valence-corrected chi connectivity index (χ3v) is 7.24. The number of hydrogen-bond acceptors (Lipinski definition) is 5. The lowest BCUT2D eigenvalue weighted by molar-refractivity contribution is -0.138. The van der Waals surface area contributed by atoms with Crippen LogP contribution in [0.2, 0.25) is 0 Å². The van der Waals surface area contributed by atoms with E-state index in [9.17, 15) is 23.1 Å². The molecule has 2 aromatic rings. The van der Waals surface area contributed by atoms with E-state index < -0.39 is 17.8 Å². The van der Waals surface area contributed by atoms with Crippen LogP contribution in [0.25, 0.3) is 0 Å². The number of carbonyl (C=O) groups is 1. The van der Waals surface area contributed by atoms with Gasteiger partial charge < -0.3 is 19.4 Å². The second-order valence-corrected chi connectivity index (χ2v) is 9.87. The molecule has 1 aromatic carbocycles. The number of likely N-dealkylation sites (tertiary alicyclic amines) is 2. The molecule has 1 saturated carbocycles. The maximum absolute atomic E-state index is 13.6. The second kappa shape index (κ2) is 8.87. The molecule has 184 valence electrons. The van der Waals surface area contributed by atoms with Crippen molar-refractivity contribution in [3.8, 4) is 0 Å². The van der Waals surface area contributed by atoms with Gasteiger partial charge in [0.25, 0.3) is 0 Å². The molecule has 2 unspecified atom stereocenters. The van der Waals surface area contributed by atoms with Crippen LogP contribution in [0.4, 0.5) is 18.0 Å². The highest BCUT2D eigenvalue weighted by molar-refractivity contribution is 5.75. The van der Waals surface area contributed by atoms with Gasteiger partial charge in [-0.05, 0) is 56.2 Å². The van der Waals surface area contributed by atoms with Crippen LogP contribution >= 0.6 is 0 Å². The summed E-state index contributed by atoms with van der Waals surface area (Å²) < 4.78 is 46.3. The Labute approximate surface area is 195 Å². The Balaban J connectivity index is 1.43. The minimum atomic E-state index is -4.44. The van der Waals surface area contributed by atoms with Crippen LogP contribution < -0.4 is 0 Å². The van der Waals surface area contributed by atoms with Crippen molar-refractivity contribution >= 4 is 6.03 Å². The van der Waals surface area contributed by atoms with Gasteiger partial charge in [0.05, 0.1) is 17.6 Å². The van der Waals surface area contributed by atoms with E-state index in [1.165, 1.54) is 19.1 Å². The summed E-state index contributed by atoms with van der Waals surface area (Å²) in [6.07, 6.45) is -1.22. The lowest BCUT2D eigenvalue weighted by Crippen LogP contribution is -2.51. The molecule has 3 heterocycles. The van der Waals surface area contributed by atoms with E-state index >= 15 is 0 Å². The highest BCUT2D eigenvalue weighted by Crippen LogP contribution is 2.41. The zero-order valence-electron chi connectivity index (χ0n) is 19.1. The monoisotopic (exact) mass is 478 g/mol. The molecule has 0 bridgehead atoms. The second-order valence-electron chi connectivity index (χ2n) is 9.87. The van der Waals surface area contributed by atoms with E-state index in [1.807, 2.05) is 0 Å². The number of aromatic nitrogens is 2. The van der Waals surface area contributed by atoms with Gasteiger partial charge in [-0.2, -0.15) is 18.2 Å². The maximum atomic E-state index is 13.6. The molecule has 2 aliphatic heterocycles. The molecule has 7 nitrogen and oxygen atoms in total. The summed E-state index contributed by atoms with van der Waals surface area (Å²) in [5.41, 5.74) is 0.0784. The Bertz CT molecular complexity index is 1040. The van der Waals surface area contributed by atoms with Gasteiger partial charge in [0.1, 0.15) is 0 Å². The minimum absolute atomic E-state index is 0.160. The van der Waals surface area contributed by atoms with E-state index in [1.54, 1.807) is 15.9 Å². The highest BCUT2D eigenvalue weighted by atomic mass is 19.4. The number of alkyl halides is 3. The van der Waals surface area contributed by atoms with Crippen molar-refractivity contribution in [2.45, 2.75) is 69.1 Å². The number of aliphatic hydroxyl groups excluding tert-OH is 1. The highest BCUT2D eigenvalue weighted by Gasteiger charge is 2.39. The molecule has 2 atom stereocenters. The maximum Gasteiger partial charge on any atom is 0.416 e. The van der Waals surface area contributed by atoms with Crippen LogP contribution in [-0.2, 0) is 6.18 Å². The lowest BCUT2D eigenvalue weighted by Gasteiger charge is -2.40. The molecule has 3 aliphatic rings. The van der Waals surface area contributed by atoms with Gasteiger partial charge in [0, 0.05) is 38.0 Å². The van der Waals surface area contributed by atoms with E-state index in [4.69, 9.17) is 4.52 Å². The first-order chi connectivity index (χ1) is 16.2. The van der Waals surface area contributed by atoms with Gasteiger partial charge >= 0.3 is 12.2 Å². The summed E-state index contributed by atoms with van der Waals surface area (Å²) in [5, 5.41) is 13.9. The molecule has 0 radical (unpaired) electrons. The zero-order valence-corrected chi connectivity index (χ0v) is 19.1. The first kappa shape index (κ1) is 23.1. The predicted octanol–water partition coefficient (Wildman–Crippen LogP) is 4.42. The third-order valence-electron chi connectivity index (χ3n) is 7.24. The van der Waals surface area contributed by atoms with Gasteiger partial charge in [-0.25, -0.2) is 4.79 Å². The number of rotatable bonds is 3. The third kappa shape index (κ3) is 4.78. The Hall–Kier alpha value is -2.62. The lowest BCUT2D eigenvalue weighted by atomic mass is 9.83. The Morgan fingerprint density at radius 2 is 1.76 bits per heavy atom. The van der Waals surface area contributed by atoms with Crippen molar-refractivity contribution in [2.75, 3.05) is 26.2 Å². The fraction of sp³-hybridized carbons (Fsp3) is 0.625. The smallest absolute Gasteiger partial charge is 0.393 e. The molecule has 1 N–H and O–H groups in total. The van der Waals surface area contributed by atoms with Crippen molar-refractivity contribution in [1.82, 2.24) is 19.9 Å².